The van der Waals surface area contributed by atoms with Crippen LogP contribution in [0.2, 0.25) is 0 Å². The third kappa shape index (κ3) is 6.69. The Hall–Kier alpha value is -2.36. The monoisotopic (exact) mass is 608 g/mol. The molecule has 0 aromatic heterocycles. The van der Waals surface area contributed by atoms with E-state index in [2.05, 4.69) is 6.92 Å². The minimum atomic E-state index is -1.92. The quantitative estimate of drug-likeness (QED) is 0.187. The zero-order valence-corrected chi connectivity index (χ0v) is 25.0. The van der Waals surface area contributed by atoms with E-state index < -0.39 is 73.6 Å². The van der Waals surface area contributed by atoms with Crippen molar-refractivity contribution < 1.29 is 59.8 Å². The van der Waals surface area contributed by atoms with Gasteiger partial charge in [0.05, 0.1) is 13.2 Å². The topological polar surface area (TPSA) is 199 Å². The number of ether oxygens (including phenoxy) is 4. The predicted molar refractivity (Wildman–Crippen MR) is 153 cm³/mol. The Morgan fingerprint density at radius 1 is 0.744 bits per heavy atom. The van der Waals surface area contributed by atoms with Gasteiger partial charge in [0.2, 0.25) is 12.6 Å². The Labute approximate surface area is 250 Å². The van der Waals surface area contributed by atoms with E-state index in [0.717, 1.165) is 22.3 Å². The first-order chi connectivity index (χ1) is 20.1. The highest BCUT2D eigenvalue weighted by molar-refractivity contribution is 5.40. The summed E-state index contributed by atoms with van der Waals surface area (Å²) in [6.45, 7) is 7.24. The van der Waals surface area contributed by atoms with E-state index >= 15 is 0 Å². The average Bonchev–Trinajstić information content (AvgIpc) is 2.96. The summed E-state index contributed by atoms with van der Waals surface area (Å²) in [5.41, 5.74) is -0.269. The van der Waals surface area contributed by atoms with Gasteiger partial charge in [0.25, 0.3) is 0 Å². The summed E-state index contributed by atoms with van der Waals surface area (Å²) >= 11 is 0. The van der Waals surface area contributed by atoms with Gasteiger partial charge in [0.15, 0.2) is 11.2 Å². The smallest absolute Gasteiger partial charge is 0.231 e. The predicted octanol–water partition coefficient (Wildman–Crippen LogP) is -0.213. The molecule has 0 bridgehead atoms. The number of hydrogen-bond donors (Lipinski definition) is 8. The molecule has 240 valence electrons. The van der Waals surface area contributed by atoms with Crippen molar-refractivity contribution in [2.45, 2.75) is 107 Å². The van der Waals surface area contributed by atoms with Crippen LogP contribution < -0.4 is 9.47 Å². The van der Waals surface area contributed by atoms with Gasteiger partial charge >= 0.3 is 0 Å². The molecule has 4 rings (SSSR count). The first kappa shape index (κ1) is 33.5. The molecule has 0 aliphatic carbocycles. The Balaban J connectivity index is 1.43. The molecule has 2 aromatic carbocycles. The van der Waals surface area contributed by atoms with Crippen LogP contribution in [-0.4, -0.2) is 114 Å². The molecule has 2 saturated heterocycles. The number of aliphatic hydroxyl groups excluding tert-OH is 6. The minimum Gasteiger partial charge on any atom is -0.461 e. The second-order valence-corrected chi connectivity index (χ2v) is 12.2. The van der Waals surface area contributed by atoms with Crippen molar-refractivity contribution >= 4 is 0 Å². The van der Waals surface area contributed by atoms with E-state index in [4.69, 9.17) is 18.9 Å². The van der Waals surface area contributed by atoms with E-state index in [1.165, 1.54) is 13.8 Å². The van der Waals surface area contributed by atoms with Crippen molar-refractivity contribution in [3.05, 3.63) is 58.7 Å². The molecule has 43 heavy (non-hydrogen) atoms. The fourth-order valence-electron chi connectivity index (χ4n) is 5.51. The lowest BCUT2D eigenvalue weighted by Crippen LogP contribution is -2.66. The molecule has 0 spiro atoms. The summed E-state index contributed by atoms with van der Waals surface area (Å²) in [7, 11) is 0. The lowest BCUT2D eigenvalue weighted by Gasteiger charge is -2.45. The molecule has 1 unspecified atom stereocenters. The van der Waals surface area contributed by atoms with Crippen molar-refractivity contribution in [3.63, 3.8) is 0 Å². The van der Waals surface area contributed by atoms with Crippen LogP contribution in [0.15, 0.2) is 36.4 Å². The van der Waals surface area contributed by atoms with Crippen LogP contribution in [0.5, 0.6) is 11.5 Å². The molecule has 0 saturated carbocycles. The van der Waals surface area contributed by atoms with E-state index in [9.17, 15) is 40.9 Å². The van der Waals surface area contributed by atoms with Crippen LogP contribution in [0.25, 0.3) is 0 Å². The molecular weight excluding hydrogens is 564 g/mol. The van der Waals surface area contributed by atoms with Gasteiger partial charge in [-0.2, -0.15) is 0 Å². The van der Waals surface area contributed by atoms with Gasteiger partial charge in [-0.3, -0.25) is 0 Å². The molecule has 0 amide bonds. The summed E-state index contributed by atoms with van der Waals surface area (Å²) in [4.78, 5) is 0. The Bertz CT molecular complexity index is 1250. The van der Waals surface area contributed by atoms with Crippen LogP contribution in [0.3, 0.4) is 0 Å². The highest BCUT2D eigenvalue weighted by Gasteiger charge is 2.54. The van der Waals surface area contributed by atoms with Crippen molar-refractivity contribution in [1.82, 2.24) is 0 Å². The third-order valence-corrected chi connectivity index (χ3v) is 8.53. The molecule has 12 heteroatoms. The number of benzene rings is 2. The Morgan fingerprint density at radius 3 is 1.60 bits per heavy atom. The third-order valence-electron chi connectivity index (χ3n) is 8.53. The molecule has 8 N–H and O–H groups in total. The van der Waals surface area contributed by atoms with Gasteiger partial charge < -0.3 is 59.8 Å². The summed E-state index contributed by atoms with van der Waals surface area (Å²) in [5, 5.41) is 81.3. The van der Waals surface area contributed by atoms with E-state index in [1.54, 1.807) is 12.1 Å². The summed E-state index contributed by atoms with van der Waals surface area (Å²) in [6.07, 6.45) is -10.3. The van der Waals surface area contributed by atoms with Crippen LogP contribution in [-0.2, 0) is 15.9 Å². The standard InChI is InChI=1S/C31H44O12/c1-15(19-7-9-21(17(3)12-19)41-29-31(5,39)27(37)25(35)23(14-33)43-29)10-18-6-8-20(16(2)11-18)40-28-30(4,38)26(36)24(34)22(13-32)42-28/h6-9,11-12,15,22-29,32-39H,10,13-14H2,1-5H3/t15?,22-,23-,24-,25-,26+,27+,28+,29+,30+,31+/m1/s1. The molecule has 2 aromatic rings. The first-order valence-electron chi connectivity index (χ1n) is 14.3. The largest absolute Gasteiger partial charge is 0.461 e. The van der Waals surface area contributed by atoms with Gasteiger partial charge in [-0.25, -0.2) is 0 Å². The normalized spacial score (nSPS) is 37.1. The Kier molecular flexibility index (Phi) is 10.1. The van der Waals surface area contributed by atoms with Crippen LogP contribution in [0.1, 0.15) is 48.9 Å². The van der Waals surface area contributed by atoms with Crippen molar-refractivity contribution in [1.29, 1.82) is 0 Å². The molecular formula is C31H44O12. The summed E-state index contributed by atoms with van der Waals surface area (Å²) in [6, 6.07) is 11.2. The second-order valence-electron chi connectivity index (χ2n) is 12.2. The molecule has 0 radical (unpaired) electrons. The van der Waals surface area contributed by atoms with Gasteiger partial charge in [-0.15, -0.1) is 0 Å². The fraction of sp³-hybridized carbons (Fsp3) is 0.613. The number of hydrogen-bond acceptors (Lipinski definition) is 12. The number of rotatable bonds is 9. The van der Waals surface area contributed by atoms with E-state index in [1.807, 2.05) is 38.1 Å². The zero-order valence-electron chi connectivity index (χ0n) is 25.0. The lowest BCUT2D eigenvalue weighted by molar-refractivity contribution is -0.315. The summed E-state index contributed by atoms with van der Waals surface area (Å²) < 4.78 is 22.9. The van der Waals surface area contributed by atoms with E-state index in [-0.39, 0.29) is 5.92 Å². The van der Waals surface area contributed by atoms with Crippen molar-refractivity contribution in [3.8, 4) is 11.5 Å². The SMILES string of the molecule is Cc1cc(CC(C)c2ccc(O[C@H]3O[C@H](CO)[C@@H](O)[C@H](O)[C@]3(C)O)c(C)c2)ccc1O[C@H]1O[C@H](CO)[C@@H](O)[C@H](O)[C@]1(C)O. The van der Waals surface area contributed by atoms with Crippen LogP contribution in [0.4, 0.5) is 0 Å². The fourth-order valence-corrected chi connectivity index (χ4v) is 5.51. The lowest BCUT2D eigenvalue weighted by atomic mass is 9.88. The molecule has 2 heterocycles. The average molecular weight is 609 g/mol. The van der Waals surface area contributed by atoms with Gasteiger partial charge in [-0.05, 0) is 74.4 Å². The maximum atomic E-state index is 10.7. The van der Waals surface area contributed by atoms with E-state index in [0.29, 0.717) is 17.9 Å². The molecule has 11 atom stereocenters. The highest BCUT2D eigenvalue weighted by Crippen LogP contribution is 2.35. The van der Waals surface area contributed by atoms with Crippen molar-refractivity contribution in [2.24, 2.45) is 0 Å². The van der Waals surface area contributed by atoms with Crippen LogP contribution in [0, 0.1) is 13.8 Å². The molecule has 2 fully saturated rings. The van der Waals surface area contributed by atoms with Gasteiger partial charge in [0, 0.05) is 0 Å². The second kappa shape index (κ2) is 12.9. The maximum absolute atomic E-state index is 10.7. The maximum Gasteiger partial charge on any atom is 0.231 e. The van der Waals surface area contributed by atoms with Gasteiger partial charge in [0.1, 0.15) is 48.1 Å². The first-order valence-corrected chi connectivity index (χ1v) is 14.3. The van der Waals surface area contributed by atoms with Crippen LogP contribution >= 0.6 is 0 Å². The molecule has 2 aliphatic heterocycles. The van der Waals surface area contributed by atoms with Crippen molar-refractivity contribution in [2.75, 3.05) is 13.2 Å². The Morgan fingerprint density at radius 2 is 1.19 bits per heavy atom. The van der Waals surface area contributed by atoms with Gasteiger partial charge in [-0.1, -0.05) is 31.2 Å². The minimum absolute atomic E-state index is 0.0908. The summed E-state index contributed by atoms with van der Waals surface area (Å²) in [5.74, 6) is 0.926. The molecule has 12 nitrogen and oxygen atoms in total. The molecule has 2 aliphatic rings. The number of aryl methyl sites for hydroxylation is 2. The zero-order chi connectivity index (χ0) is 31.9. The highest BCUT2D eigenvalue weighted by atomic mass is 16.7. The number of aliphatic hydroxyl groups is 8.